The summed E-state index contributed by atoms with van der Waals surface area (Å²) in [7, 11) is 0. The van der Waals surface area contributed by atoms with Crippen molar-refractivity contribution in [2.75, 3.05) is 5.32 Å². The summed E-state index contributed by atoms with van der Waals surface area (Å²) in [6.07, 6.45) is 0. The topological polar surface area (TPSA) is 29.1 Å². The number of benzene rings is 2. The maximum atomic E-state index is 12.2. The second kappa shape index (κ2) is 6.11. The van der Waals surface area contributed by atoms with Crippen molar-refractivity contribution in [2.24, 2.45) is 0 Å². The fourth-order valence-electron chi connectivity index (χ4n) is 1.64. The average Bonchev–Trinajstić information content (AvgIpc) is 2.36. The summed E-state index contributed by atoms with van der Waals surface area (Å²) in [6, 6.07) is 10.8. The molecule has 2 nitrogen and oxygen atoms in total. The minimum absolute atomic E-state index is 0.267. The molecule has 0 heterocycles. The van der Waals surface area contributed by atoms with Gasteiger partial charge in [0.15, 0.2) is 0 Å². The molecule has 0 fully saturated rings. The molecule has 2 aromatic rings. The number of halogens is 3. The van der Waals surface area contributed by atoms with Crippen molar-refractivity contribution in [1.29, 1.82) is 0 Å². The first kappa shape index (κ1) is 14.6. The number of anilines is 1. The van der Waals surface area contributed by atoms with Crippen LogP contribution in [0.2, 0.25) is 10.0 Å². The monoisotopic (exact) mass is 405 g/mol. The third kappa shape index (κ3) is 3.41. The molecule has 19 heavy (non-hydrogen) atoms. The highest BCUT2D eigenvalue weighted by Gasteiger charge is 2.13. The third-order valence-electron chi connectivity index (χ3n) is 2.63. The smallest absolute Gasteiger partial charge is 0.257 e. The number of hydrogen-bond donors (Lipinski definition) is 1. The molecule has 0 aliphatic heterocycles. The molecule has 0 aliphatic rings. The summed E-state index contributed by atoms with van der Waals surface area (Å²) < 4.78 is 1.12. The first-order valence-electron chi connectivity index (χ1n) is 5.50. The van der Waals surface area contributed by atoms with E-state index in [9.17, 15) is 4.79 Å². The Bertz CT molecular complexity index is 643. The van der Waals surface area contributed by atoms with Crippen LogP contribution in [0.3, 0.4) is 0 Å². The number of carbonyl (C=O) groups is 1. The predicted molar refractivity (Wildman–Crippen MR) is 88.3 cm³/mol. The Labute approximate surface area is 135 Å². The van der Waals surface area contributed by atoms with Gasteiger partial charge in [0.25, 0.3) is 5.91 Å². The van der Waals surface area contributed by atoms with Crippen LogP contribution in [0, 0.1) is 10.5 Å². The number of aryl methyl sites for hydroxylation is 1. The van der Waals surface area contributed by atoms with E-state index >= 15 is 0 Å². The van der Waals surface area contributed by atoms with Gasteiger partial charge in [-0.3, -0.25) is 4.79 Å². The number of amides is 1. The summed E-state index contributed by atoms with van der Waals surface area (Å²) in [6.45, 7) is 1.94. The van der Waals surface area contributed by atoms with Gasteiger partial charge in [-0.2, -0.15) is 0 Å². The van der Waals surface area contributed by atoms with Crippen molar-refractivity contribution in [3.63, 3.8) is 0 Å². The number of hydrogen-bond acceptors (Lipinski definition) is 1. The van der Waals surface area contributed by atoms with E-state index in [1.54, 1.807) is 18.2 Å². The minimum Gasteiger partial charge on any atom is -0.322 e. The van der Waals surface area contributed by atoms with E-state index in [-0.39, 0.29) is 10.9 Å². The van der Waals surface area contributed by atoms with Crippen molar-refractivity contribution < 1.29 is 4.79 Å². The molecule has 0 radical (unpaired) electrons. The predicted octanol–water partition coefficient (Wildman–Crippen LogP) is 5.16. The van der Waals surface area contributed by atoms with E-state index in [2.05, 4.69) is 27.9 Å². The first-order chi connectivity index (χ1) is 8.99. The van der Waals surface area contributed by atoms with Crippen molar-refractivity contribution in [2.45, 2.75) is 6.92 Å². The number of nitrogens with one attached hydrogen (secondary N) is 1. The second-order valence-corrected chi connectivity index (χ2v) is 6.05. The van der Waals surface area contributed by atoms with E-state index in [0.717, 1.165) is 14.8 Å². The average molecular weight is 406 g/mol. The molecule has 1 amide bonds. The molecule has 0 spiro atoms. The molecule has 0 bridgehead atoms. The Hall–Kier alpha value is -0.780. The van der Waals surface area contributed by atoms with Gasteiger partial charge in [-0.15, -0.1) is 0 Å². The maximum absolute atomic E-state index is 12.2. The summed E-state index contributed by atoms with van der Waals surface area (Å²) >= 11 is 14.2. The molecule has 0 saturated heterocycles. The lowest BCUT2D eigenvalue weighted by molar-refractivity contribution is 0.102. The lowest BCUT2D eigenvalue weighted by atomic mass is 10.1. The molecule has 0 unspecified atom stereocenters. The van der Waals surface area contributed by atoms with Crippen LogP contribution in [0.15, 0.2) is 36.4 Å². The van der Waals surface area contributed by atoms with E-state index in [1.165, 1.54) is 0 Å². The fourth-order valence-corrected chi connectivity index (χ4v) is 2.67. The van der Waals surface area contributed by atoms with Gasteiger partial charge < -0.3 is 5.32 Å². The molecule has 0 aliphatic carbocycles. The molecule has 0 saturated carbocycles. The highest BCUT2D eigenvalue weighted by molar-refractivity contribution is 14.1. The SMILES string of the molecule is Cc1cc(I)ccc1NC(=O)c1cccc(Cl)c1Cl. The Balaban J connectivity index is 2.28. The van der Waals surface area contributed by atoms with Crippen molar-refractivity contribution in [3.05, 3.63) is 61.1 Å². The number of carbonyl (C=O) groups excluding carboxylic acids is 1. The van der Waals surface area contributed by atoms with E-state index in [4.69, 9.17) is 23.2 Å². The van der Waals surface area contributed by atoms with Gasteiger partial charge in [-0.05, 0) is 65.4 Å². The summed E-state index contributed by atoms with van der Waals surface area (Å²) in [5, 5.41) is 3.47. The molecule has 98 valence electrons. The zero-order chi connectivity index (χ0) is 14.0. The second-order valence-electron chi connectivity index (χ2n) is 4.01. The van der Waals surface area contributed by atoms with E-state index in [0.29, 0.717) is 10.6 Å². The molecular formula is C14H10Cl2INO. The van der Waals surface area contributed by atoms with Gasteiger partial charge >= 0.3 is 0 Å². The maximum Gasteiger partial charge on any atom is 0.257 e. The molecule has 2 aromatic carbocycles. The zero-order valence-corrected chi connectivity index (χ0v) is 13.7. The Morgan fingerprint density at radius 1 is 1.21 bits per heavy atom. The highest BCUT2D eigenvalue weighted by Crippen LogP contribution is 2.26. The van der Waals surface area contributed by atoms with Gasteiger partial charge in [0.1, 0.15) is 0 Å². The van der Waals surface area contributed by atoms with Crippen LogP contribution in [0.25, 0.3) is 0 Å². The third-order valence-corrected chi connectivity index (χ3v) is 4.12. The van der Waals surface area contributed by atoms with Crippen LogP contribution in [-0.4, -0.2) is 5.91 Å². The van der Waals surface area contributed by atoms with Crippen LogP contribution >= 0.6 is 45.8 Å². The molecular weight excluding hydrogens is 396 g/mol. The van der Waals surface area contributed by atoms with Gasteiger partial charge in [0, 0.05) is 9.26 Å². The van der Waals surface area contributed by atoms with Crippen LogP contribution < -0.4 is 5.32 Å². The van der Waals surface area contributed by atoms with Crippen molar-refractivity contribution in [1.82, 2.24) is 0 Å². The largest absolute Gasteiger partial charge is 0.322 e. The fraction of sp³-hybridized carbons (Fsp3) is 0.0714. The summed E-state index contributed by atoms with van der Waals surface area (Å²) in [5.74, 6) is -0.267. The Kier molecular flexibility index (Phi) is 4.71. The molecule has 2 rings (SSSR count). The molecule has 0 aromatic heterocycles. The molecule has 5 heteroatoms. The first-order valence-corrected chi connectivity index (χ1v) is 7.34. The van der Waals surface area contributed by atoms with Crippen LogP contribution in [0.1, 0.15) is 15.9 Å². The quantitative estimate of drug-likeness (QED) is 0.687. The lowest BCUT2D eigenvalue weighted by Gasteiger charge is -2.10. The van der Waals surface area contributed by atoms with Crippen molar-refractivity contribution >= 4 is 57.4 Å². The minimum atomic E-state index is -0.267. The van der Waals surface area contributed by atoms with Gasteiger partial charge in [0.2, 0.25) is 0 Å². The van der Waals surface area contributed by atoms with E-state index < -0.39 is 0 Å². The number of rotatable bonds is 2. The van der Waals surface area contributed by atoms with Gasteiger partial charge in [0.05, 0.1) is 15.6 Å². The van der Waals surface area contributed by atoms with Gasteiger partial charge in [-0.25, -0.2) is 0 Å². The van der Waals surface area contributed by atoms with E-state index in [1.807, 2.05) is 25.1 Å². The molecule has 0 atom stereocenters. The highest BCUT2D eigenvalue weighted by atomic mass is 127. The Morgan fingerprint density at radius 3 is 2.63 bits per heavy atom. The lowest BCUT2D eigenvalue weighted by Crippen LogP contribution is -2.13. The standard InChI is InChI=1S/C14H10Cl2INO/c1-8-7-9(17)5-6-12(8)18-14(19)10-3-2-4-11(15)13(10)16/h2-7H,1H3,(H,18,19). The zero-order valence-electron chi connectivity index (χ0n) is 10.0. The van der Waals surface area contributed by atoms with Crippen LogP contribution in [-0.2, 0) is 0 Å². The normalized spacial score (nSPS) is 10.3. The molecule has 1 N–H and O–H groups in total. The Morgan fingerprint density at radius 2 is 1.95 bits per heavy atom. The van der Waals surface area contributed by atoms with Crippen molar-refractivity contribution in [3.8, 4) is 0 Å². The summed E-state index contributed by atoms with van der Waals surface area (Å²) in [4.78, 5) is 12.2. The van der Waals surface area contributed by atoms with Crippen LogP contribution in [0.5, 0.6) is 0 Å². The summed E-state index contributed by atoms with van der Waals surface area (Å²) in [5.41, 5.74) is 2.13. The van der Waals surface area contributed by atoms with Crippen LogP contribution in [0.4, 0.5) is 5.69 Å². The van der Waals surface area contributed by atoms with Gasteiger partial charge in [-0.1, -0.05) is 29.3 Å².